The minimum Gasteiger partial charge on any atom is -0.402 e. The molecule has 3 nitrogen and oxygen atoms in total. The highest BCUT2D eigenvalue weighted by molar-refractivity contribution is 14.1. The average molecular weight is 369 g/mol. The van der Waals surface area contributed by atoms with Crippen LogP contribution in [0, 0.1) is 3.57 Å². The molecule has 0 aliphatic carbocycles. The maximum Gasteiger partial charge on any atom is 0.573 e. The van der Waals surface area contributed by atoms with E-state index in [0.29, 0.717) is 0 Å². The average Bonchev–Trinajstić information content (AvgIpc) is 2.18. The van der Waals surface area contributed by atoms with Crippen LogP contribution in [-0.4, -0.2) is 16.5 Å². The molecule has 0 atom stereocenters. The summed E-state index contributed by atoms with van der Waals surface area (Å²) >= 11 is 1.40. The molecule has 96 valence electrons. The predicted octanol–water partition coefficient (Wildman–Crippen LogP) is 3.01. The van der Waals surface area contributed by atoms with Gasteiger partial charge < -0.3 is 9.84 Å². The van der Waals surface area contributed by atoms with Crippen LogP contribution in [0.1, 0.15) is 17.8 Å². The topological polar surface area (TPSA) is 42.4 Å². The number of alkyl halides is 5. The first-order valence-corrected chi connectivity index (χ1v) is 5.16. The molecule has 1 aromatic rings. The summed E-state index contributed by atoms with van der Waals surface area (Å²) in [5.41, 5.74) is -1.29. The van der Waals surface area contributed by atoms with Crippen molar-refractivity contribution in [1.29, 1.82) is 0 Å². The van der Waals surface area contributed by atoms with Crippen LogP contribution in [0.25, 0.3) is 0 Å². The Morgan fingerprint density at radius 3 is 2.41 bits per heavy atom. The number of ether oxygens (including phenoxy) is 1. The number of pyridine rings is 1. The summed E-state index contributed by atoms with van der Waals surface area (Å²) in [6, 6.07) is 1.04. The first kappa shape index (κ1) is 14.4. The van der Waals surface area contributed by atoms with Crippen LogP contribution in [0.4, 0.5) is 22.0 Å². The zero-order valence-electron chi connectivity index (χ0n) is 7.93. The Kier molecular flexibility index (Phi) is 4.47. The van der Waals surface area contributed by atoms with E-state index < -0.39 is 30.8 Å². The normalized spacial score (nSPS) is 12.0. The van der Waals surface area contributed by atoms with Crippen molar-refractivity contribution < 1.29 is 31.8 Å². The van der Waals surface area contributed by atoms with Crippen molar-refractivity contribution in [2.24, 2.45) is 0 Å². The highest BCUT2D eigenvalue weighted by Crippen LogP contribution is 2.35. The third-order valence-electron chi connectivity index (χ3n) is 1.59. The van der Waals surface area contributed by atoms with E-state index in [-0.39, 0.29) is 9.26 Å². The Hall–Kier alpha value is -0.710. The van der Waals surface area contributed by atoms with Gasteiger partial charge in [0, 0.05) is 0 Å². The maximum absolute atomic E-state index is 12.5. The summed E-state index contributed by atoms with van der Waals surface area (Å²) in [6.45, 7) is -0.651. The van der Waals surface area contributed by atoms with Crippen molar-refractivity contribution >= 4 is 22.6 Å². The van der Waals surface area contributed by atoms with Gasteiger partial charge >= 0.3 is 6.36 Å². The monoisotopic (exact) mass is 369 g/mol. The Morgan fingerprint density at radius 2 is 2.00 bits per heavy atom. The number of aromatic nitrogens is 1. The quantitative estimate of drug-likeness (QED) is 0.658. The number of aliphatic hydroxyl groups is 1. The minimum absolute atomic E-state index is 0.153. The molecule has 0 saturated carbocycles. The van der Waals surface area contributed by atoms with E-state index in [0.717, 1.165) is 6.07 Å². The van der Waals surface area contributed by atoms with Crippen LogP contribution in [0.2, 0.25) is 0 Å². The van der Waals surface area contributed by atoms with Crippen LogP contribution >= 0.6 is 22.6 Å². The molecule has 0 spiro atoms. The summed E-state index contributed by atoms with van der Waals surface area (Å²) in [5, 5.41) is 8.72. The van der Waals surface area contributed by atoms with E-state index in [1.807, 2.05) is 0 Å². The molecule has 1 heterocycles. The Labute approximate surface area is 106 Å². The standard InChI is InChI=1S/C8H5F5INO2/c9-7(10)5-6(17-8(11,12)13)4(14)1-3(2-16)15-5/h1,7,16H,2H2. The molecule has 0 aliphatic heterocycles. The van der Waals surface area contributed by atoms with Crippen molar-refractivity contribution in [3.8, 4) is 5.75 Å². The van der Waals surface area contributed by atoms with Gasteiger partial charge in [0.1, 0.15) is 5.69 Å². The lowest BCUT2D eigenvalue weighted by molar-refractivity contribution is -0.275. The van der Waals surface area contributed by atoms with Crippen LogP contribution in [-0.2, 0) is 6.61 Å². The second-order valence-corrected chi connectivity index (χ2v) is 3.98. The number of halogens is 6. The Balaban J connectivity index is 3.27. The molecule has 0 fully saturated rings. The second-order valence-electron chi connectivity index (χ2n) is 2.82. The summed E-state index contributed by atoms with van der Waals surface area (Å²) in [6.07, 6.45) is -8.31. The van der Waals surface area contributed by atoms with Crippen molar-refractivity contribution in [2.75, 3.05) is 0 Å². The molecule has 0 aliphatic rings. The van der Waals surface area contributed by atoms with E-state index in [1.165, 1.54) is 22.6 Å². The first-order valence-electron chi connectivity index (χ1n) is 4.08. The third-order valence-corrected chi connectivity index (χ3v) is 2.39. The molecule has 0 bridgehead atoms. The highest BCUT2D eigenvalue weighted by Gasteiger charge is 2.35. The van der Waals surface area contributed by atoms with E-state index in [4.69, 9.17) is 5.11 Å². The summed E-state index contributed by atoms with van der Waals surface area (Å²) in [7, 11) is 0. The molecule has 1 aromatic heterocycles. The lowest BCUT2D eigenvalue weighted by Crippen LogP contribution is -2.20. The minimum atomic E-state index is -5.08. The molecule has 17 heavy (non-hydrogen) atoms. The highest BCUT2D eigenvalue weighted by atomic mass is 127. The number of aliphatic hydroxyl groups excluding tert-OH is 1. The molecule has 0 amide bonds. The van der Waals surface area contributed by atoms with Crippen molar-refractivity contribution in [3.63, 3.8) is 0 Å². The van der Waals surface area contributed by atoms with Gasteiger partial charge in [-0.05, 0) is 28.7 Å². The van der Waals surface area contributed by atoms with E-state index in [1.54, 1.807) is 0 Å². The van der Waals surface area contributed by atoms with E-state index in [2.05, 4.69) is 9.72 Å². The summed E-state index contributed by atoms with van der Waals surface area (Å²) in [5.74, 6) is -1.04. The van der Waals surface area contributed by atoms with Gasteiger partial charge in [0.05, 0.1) is 15.9 Å². The fourth-order valence-electron chi connectivity index (χ4n) is 1.02. The van der Waals surface area contributed by atoms with Gasteiger partial charge in [0.25, 0.3) is 6.43 Å². The van der Waals surface area contributed by atoms with Crippen LogP contribution < -0.4 is 4.74 Å². The molecular weight excluding hydrogens is 364 g/mol. The molecule has 0 saturated heterocycles. The number of rotatable bonds is 3. The number of hydrogen-bond donors (Lipinski definition) is 1. The molecule has 0 unspecified atom stereocenters. The van der Waals surface area contributed by atoms with E-state index >= 15 is 0 Å². The molecular formula is C8H5F5INO2. The number of hydrogen-bond acceptors (Lipinski definition) is 3. The van der Waals surface area contributed by atoms with Crippen LogP contribution in [0.3, 0.4) is 0 Å². The van der Waals surface area contributed by atoms with Crippen LogP contribution in [0.5, 0.6) is 5.75 Å². The Bertz CT molecular complexity index is 410. The lowest BCUT2D eigenvalue weighted by Gasteiger charge is -2.14. The zero-order chi connectivity index (χ0) is 13.2. The zero-order valence-corrected chi connectivity index (χ0v) is 10.1. The van der Waals surface area contributed by atoms with Gasteiger partial charge in [-0.1, -0.05) is 0 Å². The summed E-state index contributed by atoms with van der Waals surface area (Å²) in [4.78, 5) is 3.21. The van der Waals surface area contributed by atoms with Gasteiger partial charge in [0.15, 0.2) is 5.75 Å². The maximum atomic E-state index is 12.5. The van der Waals surface area contributed by atoms with E-state index in [9.17, 15) is 22.0 Å². The number of nitrogens with zero attached hydrogens (tertiary/aromatic N) is 1. The SMILES string of the molecule is OCc1cc(I)c(OC(F)(F)F)c(C(F)F)n1. The fraction of sp³-hybridized carbons (Fsp3) is 0.375. The Morgan fingerprint density at radius 1 is 1.41 bits per heavy atom. The smallest absolute Gasteiger partial charge is 0.402 e. The summed E-state index contributed by atoms with van der Waals surface area (Å²) < 4.78 is 64.3. The third kappa shape index (κ3) is 3.91. The second kappa shape index (κ2) is 5.29. The molecule has 0 aromatic carbocycles. The van der Waals surface area contributed by atoms with Gasteiger partial charge in [-0.25, -0.2) is 13.8 Å². The van der Waals surface area contributed by atoms with Crippen molar-refractivity contribution in [2.45, 2.75) is 19.4 Å². The van der Waals surface area contributed by atoms with Gasteiger partial charge in [-0.3, -0.25) is 0 Å². The molecule has 1 rings (SSSR count). The van der Waals surface area contributed by atoms with Gasteiger partial charge in [-0.15, -0.1) is 13.2 Å². The van der Waals surface area contributed by atoms with Crippen LogP contribution in [0.15, 0.2) is 6.07 Å². The first-order chi connectivity index (χ1) is 7.74. The largest absolute Gasteiger partial charge is 0.573 e. The molecule has 1 N–H and O–H groups in total. The van der Waals surface area contributed by atoms with Gasteiger partial charge in [0.2, 0.25) is 0 Å². The molecule has 0 radical (unpaired) electrons. The predicted molar refractivity (Wildman–Crippen MR) is 54.5 cm³/mol. The lowest BCUT2D eigenvalue weighted by atomic mass is 10.3. The fourth-order valence-corrected chi connectivity index (χ4v) is 1.76. The van der Waals surface area contributed by atoms with Crippen molar-refractivity contribution in [1.82, 2.24) is 4.98 Å². The molecule has 9 heteroatoms. The van der Waals surface area contributed by atoms with Crippen molar-refractivity contribution in [3.05, 3.63) is 21.0 Å². The van der Waals surface area contributed by atoms with Gasteiger partial charge in [-0.2, -0.15) is 0 Å².